The third kappa shape index (κ3) is 3.96. The standard InChI is InChI=1S/C12H12Cl2N4O/c13-8-3-1-2-7(4-8)9(19)6-16-11-5-10(14)17-12(15)18-11/h1-5,9,19H,6H2,(H3,15,16,17,18). The van der Waals surface area contributed by atoms with Gasteiger partial charge in [-0.05, 0) is 17.7 Å². The Hall–Kier alpha value is -1.56. The molecule has 0 bridgehead atoms. The van der Waals surface area contributed by atoms with E-state index in [0.717, 1.165) is 0 Å². The van der Waals surface area contributed by atoms with Crippen LogP contribution in [-0.2, 0) is 0 Å². The fraction of sp³-hybridized carbons (Fsp3) is 0.167. The lowest BCUT2D eigenvalue weighted by atomic mass is 10.1. The minimum atomic E-state index is -0.714. The van der Waals surface area contributed by atoms with Crippen LogP contribution in [0.5, 0.6) is 0 Å². The quantitative estimate of drug-likeness (QED) is 0.755. The van der Waals surface area contributed by atoms with Crippen LogP contribution in [0.4, 0.5) is 11.8 Å². The first kappa shape index (κ1) is 13.9. The molecule has 0 radical (unpaired) electrons. The van der Waals surface area contributed by atoms with E-state index < -0.39 is 6.10 Å². The number of nitrogens with one attached hydrogen (secondary N) is 1. The van der Waals surface area contributed by atoms with Crippen LogP contribution >= 0.6 is 23.2 Å². The Kier molecular flexibility index (Phi) is 4.42. The van der Waals surface area contributed by atoms with Crippen LogP contribution in [0.3, 0.4) is 0 Å². The van der Waals surface area contributed by atoms with Crippen molar-refractivity contribution in [1.82, 2.24) is 9.97 Å². The van der Waals surface area contributed by atoms with Crippen LogP contribution in [0, 0.1) is 0 Å². The second kappa shape index (κ2) is 6.06. The highest BCUT2D eigenvalue weighted by Crippen LogP contribution is 2.19. The minimum Gasteiger partial charge on any atom is -0.387 e. The Morgan fingerprint density at radius 2 is 2.05 bits per heavy atom. The average molecular weight is 299 g/mol. The summed E-state index contributed by atoms with van der Waals surface area (Å²) in [7, 11) is 0. The summed E-state index contributed by atoms with van der Waals surface area (Å²) in [6, 6.07) is 8.55. The van der Waals surface area contributed by atoms with Crippen molar-refractivity contribution >= 4 is 35.0 Å². The van der Waals surface area contributed by atoms with E-state index in [1.807, 2.05) is 0 Å². The highest BCUT2D eigenvalue weighted by molar-refractivity contribution is 6.30. The van der Waals surface area contributed by atoms with Crippen LogP contribution in [0.25, 0.3) is 0 Å². The molecule has 2 rings (SSSR count). The van der Waals surface area contributed by atoms with E-state index in [-0.39, 0.29) is 17.6 Å². The maximum Gasteiger partial charge on any atom is 0.223 e. The first-order chi connectivity index (χ1) is 9.04. The number of benzene rings is 1. The van der Waals surface area contributed by atoms with Crippen molar-refractivity contribution in [1.29, 1.82) is 0 Å². The molecule has 1 aromatic heterocycles. The number of hydrogen-bond acceptors (Lipinski definition) is 5. The van der Waals surface area contributed by atoms with E-state index in [1.54, 1.807) is 24.3 Å². The van der Waals surface area contributed by atoms with Gasteiger partial charge in [0.2, 0.25) is 5.95 Å². The van der Waals surface area contributed by atoms with Crippen molar-refractivity contribution in [2.75, 3.05) is 17.6 Å². The Morgan fingerprint density at radius 3 is 2.74 bits per heavy atom. The molecule has 5 nitrogen and oxygen atoms in total. The molecule has 0 saturated heterocycles. The SMILES string of the molecule is Nc1nc(Cl)cc(NCC(O)c2cccc(Cl)c2)n1. The van der Waals surface area contributed by atoms with Gasteiger partial charge in [0.05, 0.1) is 6.10 Å². The van der Waals surface area contributed by atoms with E-state index in [0.29, 0.717) is 16.4 Å². The lowest BCUT2D eigenvalue weighted by molar-refractivity contribution is 0.191. The summed E-state index contributed by atoms with van der Waals surface area (Å²) < 4.78 is 0. The molecule has 19 heavy (non-hydrogen) atoms. The number of nitrogens with two attached hydrogens (primary N) is 1. The summed E-state index contributed by atoms with van der Waals surface area (Å²) >= 11 is 11.6. The van der Waals surface area contributed by atoms with Crippen molar-refractivity contribution < 1.29 is 5.11 Å². The Balaban J connectivity index is 2.02. The maximum absolute atomic E-state index is 10.0. The van der Waals surface area contributed by atoms with E-state index in [2.05, 4.69) is 15.3 Å². The molecule has 1 atom stereocenters. The van der Waals surface area contributed by atoms with Crippen LogP contribution in [0.1, 0.15) is 11.7 Å². The summed E-state index contributed by atoms with van der Waals surface area (Å²) in [5.74, 6) is 0.533. The predicted octanol–water partition coefficient (Wildman–Crippen LogP) is 2.51. The van der Waals surface area contributed by atoms with Crippen LogP contribution in [0.15, 0.2) is 30.3 Å². The number of anilines is 2. The van der Waals surface area contributed by atoms with E-state index >= 15 is 0 Å². The first-order valence-corrected chi connectivity index (χ1v) is 6.27. The maximum atomic E-state index is 10.0. The Morgan fingerprint density at radius 1 is 1.26 bits per heavy atom. The molecule has 0 saturated carbocycles. The summed E-state index contributed by atoms with van der Waals surface area (Å²) in [5.41, 5.74) is 6.19. The predicted molar refractivity (Wildman–Crippen MR) is 76.4 cm³/mol. The molecule has 0 aliphatic carbocycles. The summed E-state index contributed by atoms with van der Waals surface area (Å²) in [6.45, 7) is 0.257. The number of nitrogens with zero attached hydrogens (tertiary/aromatic N) is 2. The van der Waals surface area contributed by atoms with Crippen LogP contribution in [0.2, 0.25) is 10.2 Å². The lowest BCUT2D eigenvalue weighted by Crippen LogP contribution is -2.13. The molecule has 100 valence electrons. The monoisotopic (exact) mass is 298 g/mol. The number of rotatable bonds is 4. The van der Waals surface area contributed by atoms with Crippen molar-refractivity contribution in [3.8, 4) is 0 Å². The normalized spacial score (nSPS) is 12.2. The number of hydrogen-bond donors (Lipinski definition) is 3. The van der Waals surface area contributed by atoms with Gasteiger partial charge < -0.3 is 16.2 Å². The highest BCUT2D eigenvalue weighted by Gasteiger charge is 2.08. The van der Waals surface area contributed by atoms with Crippen LogP contribution < -0.4 is 11.1 Å². The fourth-order valence-electron chi connectivity index (χ4n) is 1.56. The molecule has 0 aliphatic rings. The van der Waals surface area contributed by atoms with Gasteiger partial charge >= 0.3 is 0 Å². The Labute approximate surface area is 120 Å². The summed E-state index contributed by atoms with van der Waals surface area (Å²) in [6.07, 6.45) is -0.714. The van der Waals surface area contributed by atoms with Gasteiger partial charge in [0.1, 0.15) is 11.0 Å². The molecule has 7 heteroatoms. The van der Waals surface area contributed by atoms with Crippen LogP contribution in [-0.4, -0.2) is 21.6 Å². The van der Waals surface area contributed by atoms with Crippen molar-refractivity contribution in [3.05, 3.63) is 46.1 Å². The molecule has 4 N–H and O–H groups in total. The van der Waals surface area contributed by atoms with Gasteiger partial charge in [0.25, 0.3) is 0 Å². The van der Waals surface area contributed by atoms with E-state index in [4.69, 9.17) is 28.9 Å². The van der Waals surface area contributed by atoms with Crippen molar-refractivity contribution in [2.24, 2.45) is 0 Å². The third-order valence-corrected chi connectivity index (χ3v) is 2.85. The Bertz CT molecular complexity index is 559. The molecule has 0 spiro atoms. The zero-order chi connectivity index (χ0) is 13.8. The van der Waals surface area contributed by atoms with Gasteiger partial charge in [0.15, 0.2) is 0 Å². The van der Waals surface area contributed by atoms with Gasteiger partial charge in [-0.25, -0.2) is 4.98 Å². The average Bonchev–Trinajstić information content (AvgIpc) is 2.35. The van der Waals surface area contributed by atoms with E-state index in [1.165, 1.54) is 6.07 Å². The molecule has 1 aromatic carbocycles. The molecular weight excluding hydrogens is 287 g/mol. The molecule has 1 unspecified atom stereocenters. The molecular formula is C12H12Cl2N4O. The van der Waals surface area contributed by atoms with Crippen molar-refractivity contribution in [3.63, 3.8) is 0 Å². The first-order valence-electron chi connectivity index (χ1n) is 5.52. The zero-order valence-electron chi connectivity index (χ0n) is 9.85. The lowest BCUT2D eigenvalue weighted by Gasteiger charge is -2.13. The molecule has 2 aromatic rings. The highest BCUT2D eigenvalue weighted by atomic mass is 35.5. The molecule has 0 fully saturated rings. The topological polar surface area (TPSA) is 84.1 Å². The number of aromatic nitrogens is 2. The largest absolute Gasteiger partial charge is 0.387 e. The van der Waals surface area contributed by atoms with Gasteiger partial charge in [0, 0.05) is 17.6 Å². The zero-order valence-corrected chi connectivity index (χ0v) is 11.4. The van der Waals surface area contributed by atoms with Gasteiger partial charge in [-0.1, -0.05) is 35.3 Å². The fourth-order valence-corrected chi connectivity index (χ4v) is 1.95. The van der Waals surface area contributed by atoms with Gasteiger partial charge in [-0.15, -0.1) is 0 Å². The molecule has 0 amide bonds. The number of nitrogen functional groups attached to an aromatic ring is 1. The second-order valence-corrected chi connectivity index (χ2v) is 4.71. The second-order valence-electron chi connectivity index (χ2n) is 3.89. The number of aliphatic hydroxyl groups is 1. The third-order valence-electron chi connectivity index (χ3n) is 2.42. The van der Waals surface area contributed by atoms with Gasteiger partial charge in [-0.3, -0.25) is 0 Å². The smallest absolute Gasteiger partial charge is 0.223 e. The number of halogens is 2. The summed E-state index contributed by atoms with van der Waals surface area (Å²) in [5, 5.41) is 13.8. The molecule has 0 aliphatic heterocycles. The number of aliphatic hydroxyl groups excluding tert-OH is 1. The summed E-state index contributed by atoms with van der Waals surface area (Å²) in [4.78, 5) is 7.69. The van der Waals surface area contributed by atoms with Gasteiger partial charge in [-0.2, -0.15) is 4.98 Å². The molecule has 1 heterocycles. The minimum absolute atomic E-state index is 0.0762. The van der Waals surface area contributed by atoms with E-state index in [9.17, 15) is 5.11 Å². The van der Waals surface area contributed by atoms with Crippen molar-refractivity contribution in [2.45, 2.75) is 6.10 Å².